The van der Waals surface area contributed by atoms with Crippen LogP contribution in [0.5, 0.6) is 0 Å². The van der Waals surface area contributed by atoms with Crippen LogP contribution in [-0.4, -0.2) is 54.8 Å². The second-order valence-corrected chi connectivity index (χ2v) is 7.11. The number of aromatic nitrogens is 1. The summed E-state index contributed by atoms with van der Waals surface area (Å²) in [5.74, 6) is 5.38. The summed E-state index contributed by atoms with van der Waals surface area (Å²) in [5, 5.41) is 0. The minimum absolute atomic E-state index is 0.117. The largest absolute Gasteiger partial charge is 0.323 e. The van der Waals surface area contributed by atoms with Gasteiger partial charge in [0.1, 0.15) is 4.90 Å². The van der Waals surface area contributed by atoms with Crippen molar-refractivity contribution in [3.05, 3.63) is 18.5 Å². The number of nitrogen functional groups attached to an aromatic ring is 1. The third kappa shape index (κ3) is 2.64. The van der Waals surface area contributed by atoms with Gasteiger partial charge in [-0.2, -0.15) is 4.31 Å². The van der Waals surface area contributed by atoms with E-state index in [2.05, 4.69) is 15.3 Å². The molecule has 20 heavy (non-hydrogen) atoms. The molecule has 2 atom stereocenters. The van der Waals surface area contributed by atoms with Crippen molar-refractivity contribution in [2.24, 2.45) is 5.84 Å². The summed E-state index contributed by atoms with van der Waals surface area (Å²) in [4.78, 5) is 6.19. The lowest BCUT2D eigenvalue weighted by Gasteiger charge is -2.41. The molecule has 1 aromatic rings. The molecule has 1 aromatic heterocycles. The van der Waals surface area contributed by atoms with Crippen LogP contribution < -0.4 is 11.3 Å². The van der Waals surface area contributed by atoms with E-state index in [9.17, 15) is 8.42 Å². The first kappa shape index (κ1) is 15.2. The van der Waals surface area contributed by atoms with E-state index in [1.807, 2.05) is 20.9 Å². The maximum atomic E-state index is 12.7. The number of nitrogens with one attached hydrogen (secondary N) is 1. The number of nitrogens with two attached hydrogens (primary N) is 1. The van der Waals surface area contributed by atoms with Crippen molar-refractivity contribution in [1.29, 1.82) is 0 Å². The Morgan fingerprint density at radius 1 is 1.35 bits per heavy atom. The SMILES string of the molecule is CC1CN(S(=O)(=O)c2cnccc2NN)CC(C)N1C. The lowest BCUT2D eigenvalue weighted by molar-refractivity contribution is 0.105. The van der Waals surface area contributed by atoms with Gasteiger partial charge in [-0.3, -0.25) is 15.7 Å². The highest BCUT2D eigenvalue weighted by Crippen LogP contribution is 2.26. The van der Waals surface area contributed by atoms with E-state index in [4.69, 9.17) is 5.84 Å². The van der Waals surface area contributed by atoms with Crippen LogP contribution in [-0.2, 0) is 10.0 Å². The molecule has 3 N–H and O–H groups in total. The fraction of sp³-hybridized carbons (Fsp3) is 0.583. The highest BCUT2D eigenvalue weighted by molar-refractivity contribution is 7.89. The normalized spacial score (nSPS) is 25.6. The third-order valence-corrected chi connectivity index (χ3v) is 5.74. The summed E-state index contributed by atoms with van der Waals surface area (Å²) in [6.45, 7) is 4.96. The van der Waals surface area contributed by atoms with Crippen molar-refractivity contribution in [2.45, 2.75) is 30.8 Å². The number of nitrogens with zero attached hydrogens (tertiary/aromatic N) is 3. The quantitative estimate of drug-likeness (QED) is 0.607. The van der Waals surface area contributed by atoms with Gasteiger partial charge in [-0.15, -0.1) is 0 Å². The minimum atomic E-state index is -3.59. The average Bonchev–Trinajstić information content (AvgIpc) is 2.44. The number of rotatable bonds is 3. The standard InChI is InChI=1S/C12H21N5O2S/c1-9-7-17(8-10(2)16(9)3)20(18,19)12-6-14-5-4-11(12)15-13/h4-6,9-10H,7-8,13H2,1-3H3,(H,14,15). The summed E-state index contributed by atoms with van der Waals surface area (Å²) >= 11 is 0. The first-order valence-electron chi connectivity index (χ1n) is 6.50. The fourth-order valence-electron chi connectivity index (χ4n) is 2.40. The fourth-order valence-corrected chi connectivity index (χ4v) is 4.10. The van der Waals surface area contributed by atoms with Crippen molar-refractivity contribution < 1.29 is 8.42 Å². The zero-order valence-electron chi connectivity index (χ0n) is 11.9. The molecule has 7 nitrogen and oxygen atoms in total. The van der Waals surface area contributed by atoms with Gasteiger partial charge in [0.2, 0.25) is 10.0 Å². The van der Waals surface area contributed by atoms with Crippen molar-refractivity contribution >= 4 is 15.7 Å². The highest BCUT2D eigenvalue weighted by Gasteiger charge is 2.35. The molecule has 1 fully saturated rings. The van der Waals surface area contributed by atoms with Crippen molar-refractivity contribution in [3.8, 4) is 0 Å². The number of piperazine rings is 1. The molecule has 2 heterocycles. The van der Waals surface area contributed by atoms with E-state index in [0.717, 1.165) is 0 Å². The molecule has 1 saturated heterocycles. The number of anilines is 1. The Morgan fingerprint density at radius 3 is 2.50 bits per heavy atom. The molecule has 112 valence electrons. The molecule has 2 rings (SSSR count). The monoisotopic (exact) mass is 299 g/mol. The van der Waals surface area contributed by atoms with Crippen LogP contribution in [0.4, 0.5) is 5.69 Å². The van der Waals surface area contributed by atoms with Gasteiger partial charge in [0, 0.05) is 37.6 Å². The van der Waals surface area contributed by atoms with Gasteiger partial charge >= 0.3 is 0 Å². The zero-order chi connectivity index (χ0) is 14.9. The van der Waals surface area contributed by atoms with Gasteiger partial charge in [0.05, 0.1) is 5.69 Å². The molecular formula is C12H21N5O2S. The van der Waals surface area contributed by atoms with Gasteiger partial charge < -0.3 is 5.43 Å². The second-order valence-electron chi connectivity index (χ2n) is 5.20. The first-order chi connectivity index (χ1) is 9.37. The van der Waals surface area contributed by atoms with Crippen LogP contribution in [0.3, 0.4) is 0 Å². The predicted octanol–water partition coefficient (Wildman–Crippen LogP) is 0.0803. The van der Waals surface area contributed by atoms with Crippen LogP contribution in [0, 0.1) is 0 Å². The predicted molar refractivity (Wildman–Crippen MR) is 77.5 cm³/mol. The Morgan fingerprint density at radius 2 is 1.95 bits per heavy atom. The summed E-state index contributed by atoms with van der Waals surface area (Å²) in [6.07, 6.45) is 2.83. The van der Waals surface area contributed by atoms with E-state index in [-0.39, 0.29) is 17.0 Å². The number of hydrogen-bond donors (Lipinski definition) is 2. The number of sulfonamides is 1. The number of likely N-dealkylation sites (N-methyl/N-ethyl adjacent to an activating group) is 1. The lowest BCUT2D eigenvalue weighted by atomic mass is 10.1. The van der Waals surface area contributed by atoms with Crippen molar-refractivity contribution in [3.63, 3.8) is 0 Å². The molecule has 0 amide bonds. The molecule has 0 aliphatic carbocycles. The van der Waals surface area contributed by atoms with Crippen LogP contribution in [0.15, 0.2) is 23.4 Å². The molecule has 0 aromatic carbocycles. The summed E-state index contributed by atoms with van der Waals surface area (Å²) in [6, 6.07) is 1.88. The number of pyridine rings is 1. The minimum Gasteiger partial charge on any atom is -0.323 e. The van der Waals surface area contributed by atoms with Gasteiger partial charge in [-0.25, -0.2) is 8.42 Å². The third-order valence-electron chi connectivity index (χ3n) is 3.88. The van der Waals surface area contributed by atoms with E-state index in [1.54, 1.807) is 6.07 Å². The molecule has 0 spiro atoms. The summed E-state index contributed by atoms with van der Waals surface area (Å²) in [5.41, 5.74) is 2.78. The van der Waals surface area contributed by atoms with Crippen LogP contribution >= 0.6 is 0 Å². The summed E-state index contributed by atoms with van der Waals surface area (Å²) in [7, 11) is -1.58. The number of hydrazine groups is 1. The average molecular weight is 299 g/mol. The molecule has 1 aliphatic rings. The Kier molecular flexibility index (Phi) is 4.28. The molecule has 2 unspecified atom stereocenters. The Labute approximate surface area is 119 Å². The maximum Gasteiger partial charge on any atom is 0.246 e. The van der Waals surface area contributed by atoms with Crippen molar-refractivity contribution in [2.75, 3.05) is 25.6 Å². The maximum absolute atomic E-state index is 12.7. The van der Waals surface area contributed by atoms with E-state index in [1.165, 1.54) is 16.7 Å². The van der Waals surface area contributed by atoms with Crippen LogP contribution in [0.1, 0.15) is 13.8 Å². The van der Waals surface area contributed by atoms with Gasteiger partial charge in [-0.05, 0) is 27.0 Å². The molecule has 0 saturated carbocycles. The van der Waals surface area contributed by atoms with Crippen LogP contribution in [0.25, 0.3) is 0 Å². The molecule has 0 bridgehead atoms. The summed E-state index contributed by atoms with van der Waals surface area (Å²) < 4.78 is 27.0. The number of hydrogen-bond acceptors (Lipinski definition) is 6. The van der Waals surface area contributed by atoms with E-state index >= 15 is 0 Å². The highest BCUT2D eigenvalue weighted by atomic mass is 32.2. The van der Waals surface area contributed by atoms with E-state index in [0.29, 0.717) is 18.8 Å². The van der Waals surface area contributed by atoms with Gasteiger partial charge in [0.25, 0.3) is 0 Å². The lowest BCUT2D eigenvalue weighted by Crippen LogP contribution is -2.56. The topological polar surface area (TPSA) is 91.6 Å². The zero-order valence-corrected chi connectivity index (χ0v) is 12.8. The van der Waals surface area contributed by atoms with Crippen molar-refractivity contribution in [1.82, 2.24) is 14.2 Å². The van der Waals surface area contributed by atoms with E-state index < -0.39 is 10.0 Å². The smallest absolute Gasteiger partial charge is 0.246 e. The molecule has 8 heteroatoms. The first-order valence-corrected chi connectivity index (χ1v) is 7.94. The Balaban J connectivity index is 2.36. The van der Waals surface area contributed by atoms with Gasteiger partial charge in [-0.1, -0.05) is 0 Å². The Bertz CT molecular complexity index is 565. The molecule has 1 aliphatic heterocycles. The molecular weight excluding hydrogens is 278 g/mol. The van der Waals surface area contributed by atoms with Gasteiger partial charge in [0.15, 0.2) is 0 Å². The molecule has 0 radical (unpaired) electrons. The van der Waals surface area contributed by atoms with Crippen LogP contribution in [0.2, 0.25) is 0 Å². The second kappa shape index (κ2) is 5.65. The Hall–Kier alpha value is -1.22.